The molecule has 2 aromatic rings. The standard InChI is InChI=1S/C24H32N8O8/c25-15(9-20(27)35)21(36)30-16(5-6-19(26)34)22(37)31-17(8-13-10-28-11-29-13)23(38)32-18(24(39)40)7-12-1-3-14(33)4-2-12/h1-4,10-11,15-18,33H,5-9,25H2,(H2,26,34)(H2,27,35)(H,28,29)(H,30,36)(H,31,37)(H,32,38)(H,39,40). The lowest BCUT2D eigenvalue weighted by atomic mass is 10.0. The molecule has 0 fully saturated rings. The molecule has 12 N–H and O–H groups in total. The summed E-state index contributed by atoms with van der Waals surface area (Å²) in [5, 5.41) is 26.3. The van der Waals surface area contributed by atoms with Gasteiger partial charge in [-0.1, -0.05) is 12.1 Å². The molecule has 0 bridgehead atoms. The molecule has 16 heteroatoms. The fourth-order valence-corrected chi connectivity index (χ4v) is 3.58. The van der Waals surface area contributed by atoms with Gasteiger partial charge in [0.25, 0.3) is 0 Å². The van der Waals surface area contributed by atoms with Crippen LogP contribution in [0.25, 0.3) is 0 Å². The summed E-state index contributed by atoms with van der Waals surface area (Å²) in [5.41, 5.74) is 16.8. The van der Waals surface area contributed by atoms with E-state index in [2.05, 4.69) is 25.9 Å². The number of nitrogens with two attached hydrogens (primary N) is 3. The number of carboxylic acid groups (broad SMARTS) is 1. The monoisotopic (exact) mass is 560 g/mol. The van der Waals surface area contributed by atoms with Crippen molar-refractivity contribution in [1.29, 1.82) is 0 Å². The number of imidazole rings is 1. The number of benzene rings is 1. The zero-order valence-corrected chi connectivity index (χ0v) is 21.3. The first-order chi connectivity index (χ1) is 18.8. The number of carboxylic acids is 1. The van der Waals surface area contributed by atoms with Gasteiger partial charge in [-0.25, -0.2) is 9.78 Å². The Kier molecular flexibility index (Phi) is 11.6. The molecule has 0 aliphatic rings. The summed E-state index contributed by atoms with van der Waals surface area (Å²) < 4.78 is 0. The Morgan fingerprint density at radius 1 is 0.850 bits per heavy atom. The average Bonchev–Trinajstić information content (AvgIpc) is 3.39. The van der Waals surface area contributed by atoms with Crippen molar-refractivity contribution in [3.8, 4) is 5.75 Å². The molecular formula is C24H32N8O8. The van der Waals surface area contributed by atoms with Gasteiger partial charge in [0.05, 0.1) is 18.8 Å². The van der Waals surface area contributed by atoms with Crippen LogP contribution in [-0.4, -0.2) is 79.9 Å². The number of carbonyl (C=O) groups is 6. The van der Waals surface area contributed by atoms with Gasteiger partial charge < -0.3 is 48.3 Å². The zero-order valence-electron chi connectivity index (χ0n) is 21.3. The normalized spacial score (nSPS) is 13.7. The number of primary amides is 2. The maximum absolute atomic E-state index is 13.2. The predicted molar refractivity (Wildman–Crippen MR) is 138 cm³/mol. The molecule has 0 radical (unpaired) electrons. The van der Waals surface area contributed by atoms with Crippen LogP contribution in [0.15, 0.2) is 36.8 Å². The van der Waals surface area contributed by atoms with E-state index in [-0.39, 0.29) is 31.4 Å². The smallest absolute Gasteiger partial charge is 0.326 e. The minimum absolute atomic E-state index is 0.0180. The van der Waals surface area contributed by atoms with E-state index in [0.717, 1.165) is 0 Å². The Balaban J connectivity index is 2.23. The number of nitrogens with one attached hydrogen (secondary N) is 4. The maximum Gasteiger partial charge on any atom is 0.326 e. The molecule has 2 rings (SSSR count). The molecule has 5 amide bonds. The van der Waals surface area contributed by atoms with Crippen LogP contribution < -0.4 is 33.2 Å². The van der Waals surface area contributed by atoms with Crippen molar-refractivity contribution in [2.75, 3.05) is 0 Å². The lowest BCUT2D eigenvalue weighted by molar-refractivity contribution is -0.142. The van der Waals surface area contributed by atoms with Crippen molar-refractivity contribution in [2.45, 2.75) is 56.3 Å². The molecule has 1 aromatic carbocycles. The van der Waals surface area contributed by atoms with Crippen LogP contribution in [0.2, 0.25) is 0 Å². The van der Waals surface area contributed by atoms with Crippen LogP contribution in [0.1, 0.15) is 30.5 Å². The first-order valence-electron chi connectivity index (χ1n) is 12.1. The molecule has 0 aliphatic carbocycles. The van der Waals surface area contributed by atoms with Crippen molar-refractivity contribution < 1.29 is 39.0 Å². The van der Waals surface area contributed by atoms with E-state index >= 15 is 0 Å². The minimum atomic E-state index is -1.39. The first-order valence-corrected chi connectivity index (χ1v) is 12.1. The van der Waals surface area contributed by atoms with Crippen LogP contribution in [0.3, 0.4) is 0 Å². The van der Waals surface area contributed by atoms with Crippen LogP contribution in [0.5, 0.6) is 5.75 Å². The molecule has 0 saturated heterocycles. The van der Waals surface area contributed by atoms with E-state index in [1.165, 1.54) is 36.8 Å². The number of aromatic hydroxyl groups is 1. The van der Waals surface area contributed by atoms with Crippen molar-refractivity contribution in [1.82, 2.24) is 25.9 Å². The Morgan fingerprint density at radius 2 is 1.45 bits per heavy atom. The highest BCUT2D eigenvalue weighted by molar-refractivity contribution is 5.95. The third-order valence-corrected chi connectivity index (χ3v) is 5.67. The Bertz CT molecular complexity index is 1200. The second-order valence-electron chi connectivity index (χ2n) is 8.96. The van der Waals surface area contributed by atoms with Gasteiger partial charge in [-0.2, -0.15) is 0 Å². The van der Waals surface area contributed by atoms with Gasteiger partial charge in [-0.3, -0.25) is 24.0 Å². The number of phenolic OH excluding ortho intramolecular Hbond substituents is 1. The number of aromatic amines is 1. The molecule has 4 atom stereocenters. The predicted octanol–water partition coefficient (Wildman–Crippen LogP) is -3.09. The van der Waals surface area contributed by atoms with E-state index in [1.54, 1.807) is 0 Å². The highest BCUT2D eigenvalue weighted by Crippen LogP contribution is 2.12. The van der Waals surface area contributed by atoms with Crippen LogP contribution in [0, 0.1) is 0 Å². The quantitative estimate of drug-likeness (QED) is 0.0996. The van der Waals surface area contributed by atoms with Crippen molar-refractivity contribution in [2.24, 2.45) is 17.2 Å². The summed E-state index contributed by atoms with van der Waals surface area (Å²) >= 11 is 0. The molecule has 4 unspecified atom stereocenters. The lowest BCUT2D eigenvalue weighted by Crippen LogP contribution is -2.58. The fraction of sp³-hybridized carbons (Fsp3) is 0.375. The Morgan fingerprint density at radius 3 is 2.00 bits per heavy atom. The van der Waals surface area contributed by atoms with Gasteiger partial charge in [-0.05, 0) is 24.1 Å². The summed E-state index contributed by atoms with van der Waals surface area (Å²) in [5.74, 6) is -5.64. The highest BCUT2D eigenvalue weighted by atomic mass is 16.4. The van der Waals surface area contributed by atoms with Gasteiger partial charge in [0.1, 0.15) is 23.9 Å². The molecule has 216 valence electrons. The third kappa shape index (κ3) is 10.4. The van der Waals surface area contributed by atoms with E-state index in [0.29, 0.717) is 11.3 Å². The van der Waals surface area contributed by atoms with Crippen molar-refractivity contribution >= 4 is 35.5 Å². The number of amides is 5. The molecule has 0 aliphatic heterocycles. The van der Waals surface area contributed by atoms with Crippen molar-refractivity contribution in [3.05, 3.63) is 48.0 Å². The number of hydrogen-bond donors (Lipinski definition) is 9. The molecule has 1 aromatic heterocycles. The number of nitrogens with zero attached hydrogens (tertiary/aromatic N) is 1. The zero-order chi connectivity index (χ0) is 29.8. The molecular weight excluding hydrogens is 528 g/mol. The average molecular weight is 561 g/mol. The summed E-state index contributed by atoms with van der Waals surface area (Å²) in [6, 6.07) is 0.231. The van der Waals surface area contributed by atoms with Gasteiger partial charge in [-0.15, -0.1) is 0 Å². The van der Waals surface area contributed by atoms with Gasteiger partial charge in [0.2, 0.25) is 29.5 Å². The van der Waals surface area contributed by atoms with E-state index in [1.807, 2.05) is 0 Å². The number of H-pyrrole nitrogens is 1. The second-order valence-corrected chi connectivity index (χ2v) is 8.96. The first kappa shape index (κ1) is 31.2. The maximum atomic E-state index is 13.2. The van der Waals surface area contributed by atoms with Gasteiger partial charge >= 0.3 is 5.97 Å². The second kappa shape index (κ2) is 14.8. The molecule has 16 nitrogen and oxygen atoms in total. The largest absolute Gasteiger partial charge is 0.508 e. The Labute approximate surface area is 228 Å². The number of hydrogen-bond acceptors (Lipinski definition) is 9. The molecule has 0 saturated carbocycles. The van der Waals surface area contributed by atoms with Gasteiger partial charge in [0.15, 0.2) is 0 Å². The van der Waals surface area contributed by atoms with E-state index in [9.17, 15) is 39.0 Å². The summed E-state index contributed by atoms with van der Waals surface area (Å²) in [6.45, 7) is 0. The number of aliphatic carboxylic acids is 1. The Hall–Kier alpha value is -4.99. The topological polar surface area (TPSA) is 286 Å². The number of phenols is 1. The number of carbonyl (C=O) groups excluding carboxylic acids is 5. The molecule has 0 spiro atoms. The molecule has 40 heavy (non-hydrogen) atoms. The lowest BCUT2D eigenvalue weighted by Gasteiger charge is -2.25. The van der Waals surface area contributed by atoms with E-state index in [4.69, 9.17) is 17.2 Å². The summed E-state index contributed by atoms with van der Waals surface area (Å²) in [7, 11) is 0. The fourth-order valence-electron chi connectivity index (χ4n) is 3.58. The van der Waals surface area contributed by atoms with Crippen LogP contribution in [0.4, 0.5) is 0 Å². The van der Waals surface area contributed by atoms with Gasteiger partial charge in [0, 0.05) is 31.2 Å². The molecule has 1 heterocycles. The van der Waals surface area contributed by atoms with Crippen LogP contribution in [-0.2, 0) is 41.6 Å². The summed E-state index contributed by atoms with van der Waals surface area (Å²) in [4.78, 5) is 79.7. The number of aromatic nitrogens is 2. The highest BCUT2D eigenvalue weighted by Gasteiger charge is 2.31. The van der Waals surface area contributed by atoms with Crippen LogP contribution >= 0.6 is 0 Å². The third-order valence-electron chi connectivity index (χ3n) is 5.67. The van der Waals surface area contributed by atoms with E-state index < -0.39 is 66.1 Å². The SMILES string of the molecule is NC(=O)CCC(NC(=O)C(N)CC(N)=O)C(=O)NC(Cc1cnc[nH]1)C(=O)NC(Cc1ccc(O)cc1)C(=O)O. The minimum Gasteiger partial charge on any atom is -0.508 e. The van der Waals surface area contributed by atoms with Crippen molar-refractivity contribution in [3.63, 3.8) is 0 Å². The summed E-state index contributed by atoms with van der Waals surface area (Å²) in [6.07, 6.45) is 1.40. The number of rotatable bonds is 16.